The van der Waals surface area contributed by atoms with E-state index < -0.39 is 12.0 Å². The number of rotatable bonds is 6. The van der Waals surface area contributed by atoms with Crippen LogP contribution in [0.25, 0.3) is 0 Å². The van der Waals surface area contributed by atoms with Gasteiger partial charge in [0.15, 0.2) is 0 Å². The summed E-state index contributed by atoms with van der Waals surface area (Å²) >= 11 is 0. The third kappa shape index (κ3) is 4.53. The molecule has 0 aliphatic carbocycles. The van der Waals surface area contributed by atoms with E-state index in [4.69, 9.17) is 5.11 Å². The molecule has 7 nitrogen and oxygen atoms in total. The van der Waals surface area contributed by atoms with Crippen LogP contribution >= 0.6 is 0 Å². The summed E-state index contributed by atoms with van der Waals surface area (Å²) in [4.78, 5) is 36.7. The van der Waals surface area contributed by atoms with Crippen molar-refractivity contribution in [2.24, 2.45) is 0 Å². The number of amides is 2. The fourth-order valence-corrected chi connectivity index (χ4v) is 2.68. The molecule has 1 fully saturated rings. The maximum absolute atomic E-state index is 12.1. The number of hydrogen-bond donors (Lipinski definition) is 3. The van der Waals surface area contributed by atoms with Crippen LogP contribution in [0.4, 0.5) is 5.69 Å². The molecule has 0 spiro atoms. The Hall–Kier alpha value is -2.41. The van der Waals surface area contributed by atoms with Crippen molar-refractivity contribution in [1.29, 1.82) is 0 Å². The number of benzene rings is 1. The van der Waals surface area contributed by atoms with Gasteiger partial charge in [-0.1, -0.05) is 6.07 Å². The van der Waals surface area contributed by atoms with E-state index in [1.54, 1.807) is 29.2 Å². The Morgan fingerprint density at radius 1 is 1.35 bits per heavy atom. The van der Waals surface area contributed by atoms with Crippen molar-refractivity contribution in [2.75, 3.05) is 25.0 Å². The first-order valence-corrected chi connectivity index (χ1v) is 7.66. The standard InChI is InChI=1S/C16H21N3O4/c1-2-17-15(21)11-5-3-6-12(9-11)18-14(20)10-19-8-4-7-13(19)16(22)23/h3,5-6,9,13H,2,4,7-8,10H2,1H3,(H,17,21)(H,18,20)(H,22,23). The monoisotopic (exact) mass is 319 g/mol. The summed E-state index contributed by atoms with van der Waals surface area (Å²) in [6.07, 6.45) is 1.34. The lowest BCUT2D eigenvalue weighted by Crippen LogP contribution is -2.40. The Kier molecular flexibility index (Phi) is 5.70. The van der Waals surface area contributed by atoms with Gasteiger partial charge in [-0.05, 0) is 44.5 Å². The van der Waals surface area contributed by atoms with Crippen LogP contribution in [0.1, 0.15) is 30.1 Å². The van der Waals surface area contributed by atoms with Gasteiger partial charge in [0, 0.05) is 17.8 Å². The first-order valence-electron chi connectivity index (χ1n) is 7.66. The molecule has 23 heavy (non-hydrogen) atoms. The van der Waals surface area contributed by atoms with Gasteiger partial charge >= 0.3 is 5.97 Å². The molecule has 1 heterocycles. The van der Waals surface area contributed by atoms with E-state index in [-0.39, 0.29) is 18.4 Å². The fraction of sp³-hybridized carbons (Fsp3) is 0.438. The highest BCUT2D eigenvalue weighted by Crippen LogP contribution is 2.17. The molecule has 0 aromatic heterocycles. The summed E-state index contributed by atoms with van der Waals surface area (Å²) in [6.45, 7) is 2.99. The molecule has 1 aromatic rings. The molecule has 0 bridgehead atoms. The Morgan fingerprint density at radius 2 is 2.13 bits per heavy atom. The molecule has 1 atom stereocenters. The molecule has 0 radical (unpaired) electrons. The number of nitrogens with one attached hydrogen (secondary N) is 2. The van der Waals surface area contributed by atoms with Crippen LogP contribution in [-0.2, 0) is 9.59 Å². The Balaban J connectivity index is 1.96. The molecule has 124 valence electrons. The van der Waals surface area contributed by atoms with Crippen molar-refractivity contribution in [3.05, 3.63) is 29.8 Å². The van der Waals surface area contributed by atoms with Crippen LogP contribution in [0.15, 0.2) is 24.3 Å². The van der Waals surface area contributed by atoms with E-state index in [2.05, 4.69) is 10.6 Å². The fourth-order valence-electron chi connectivity index (χ4n) is 2.68. The minimum atomic E-state index is -0.895. The number of nitrogens with zero attached hydrogens (tertiary/aromatic N) is 1. The zero-order chi connectivity index (χ0) is 16.8. The van der Waals surface area contributed by atoms with Crippen LogP contribution in [0, 0.1) is 0 Å². The number of carbonyl (C=O) groups is 3. The normalized spacial score (nSPS) is 17.7. The van der Waals surface area contributed by atoms with Gasteiger partial charge < -0.3 is 15.7 Å². The van der Waals surface area contributed by atoms with Crippen LogP contribution < -0.4 is 10.6 Å². The van der Waals surface area contributed by atoms with Crippen LogP contribution in [0.2, 0.25) is 0 Å². The Labute approximate surface area is 134 Å². The zero-order valence-corrected chi connectivity index (χ0v) is 13.0. The van der Waals surface area contributed by atoms with Gasteiger partial charge in [0.25, 0.3) is 5.91 Å². The molecule has 7 heteroatoms. The maximum Gasteiger partial charge on any atom is 0.320 e. The highest BCUT2D eigenvalue weighted by Gasteiger charge is 2.31. The predicted molar refractivity (Wildman–Crippen MR) is 85.3 cm³/mol. The van der Waals surface area contributed by atoms with Crippen LogP contribution in [0.5, 0.6) is 0 Å². The van der Waals surface area contributed by atoms with Gasteiger partial charge in [-0.2, -0.15) is 0 Å². The SMILES string of the molecule is CCNC(=O)c1cccc(NC(=O)CN2CCCC2C(=O)O)c1. The molecule has 1 saturated heterocycles. The van der Waals surface area contributed by atoms with Crippen LogP contribution in [0.3, 0.4) is 0 Å². The van der Waals surface area contributed by atoms with Gasteiger partial charge in [0.2, 0.25) is 5.91 Å². The lowest BCUT2D eigenvalue weighted by Gasteiger charge is -2.20. The summed E-state index contributed by atoms with van der Waals surface area (Å²) < 4.78 is 0. The van der Waals surface area contributed by atoms with Crippen molar-refractivity contribution in [2.45, 2.75) is 25.8 Å². The minimum Gasteiger partial charge on any atom is -0.480 e. The second-order valence-corrected chi connectivity index (χ2v) is 5.46. The van der Waals surface area contributed by atoms with E-state index in [9.17, 15) is 14.4 Å². The molecule has 1 unspecified atom stereocenters. The summed E-state index contributed by atoms with van der Waals surface area (Å²) in [7, 11) is 0. The molecule has 1 aliphatic rings. The van der Waals surface area contributed by atoms with Gasteiger partial charge in [0.05, 0.1) is 6.54 Å². The predicted octanol–water partition coefficient (Wildman–Crippen LogP) is 0.924. The van der Waals surface area contributed by atoms with Gasteiger partial charge in [0.1, 0.15) is 6.04 Å². The lowest BCUT2D eigenvalue weighted by molar-refractivity contribution is -0.142. The minimum absolute atomic E-state index is 0.0301. The highest BCUT2D eigenvalue weighted by atomic mass is 16.4. The molecular weight excluding hydrogens is 298 g/mol. The molecular formula is C16H21N3O4. The molecule has 2 amide bonds. The van der Waals surface area contributed by atoms with E-state index >= 15 is 0 Å². The lowest BCUT2D eigenvalue weighted by atomic mass is 10.2. The smallest absolute Gasteiger partial charge is 0.320 e. The maximum atomic E-state index is 12.1. The Bertz CT molecular complexity index is 603. The second-order valence-electron chi connectivity index (χ2n) is 5.46. The van der Waals surface area contributed by atoms with Crippen molar-refractivity contribution in [3.8, 4) is 0 Å². The quantitative estimate of drug-likeness (QED) is 0.724. The van der Waals surface area contributed by atoms with Crippen molar-refractivity contribution in [1.82, 2.24) is 10.2 Å². The molecule has 1 aromatic carbocycles. The van der Waals surface area contributed by atoms with Gasteiger partial charge in [-0.15, -0.1) is 0 Å². The second kappa shape index (κ2) is 7.73. The van der Waals surface area contributed by atoms with Crippen molar-refractivity contribution >= 4 is 23.5 Å². The third-order valence-corrected chi connectivity index (χ3v) is 3.74. The number of aliphatic carboxylic acids is 1. The van der Waals surface area contributed by atoms with Crippen molar-refractivity contribution < 1.29 is 19.5 Å². The third-order valence-electron chi connectivity index (χ3n) is 3.74. The van der Waals surface area contributed by atoms with E-state index in [1.807, 2.05) is 6.92 Å². The average molecular weight is 319 g/mol. The number of anilines is 1. The number of carboxylic acid groups (broad SMARTS) is 1. The van der Waals surface area contributed by atoms with Crippen LogP contribution in [-0.4, -0.2) is 53.5 Å². The molecule has 0 saturated carbocycles. The van der Waals surface area contributed by atoms with E-state index in [0.29, 0.717) is 30.8 Å². The number of likely N-dealkylation sites (tertiary alicyclic amines) is 1. The van der Waals surface area contributed by atoms with Gasteiger partial charge in [-0.3, -0.25) is 19.3 Å². The number of hydrogen-bond acceptors (Lipinski definition) is 4. The largest absolute Gasteiger partial charge is 0.480 e. The summed E-state index contributed by atoms with van der Waals surface area (Å²) in [5.41, 5.74) is 0.985. The summed E-state index contributed by atoms with van der Waals surface area (Å²) in [5, 5.41) is 14.5. The van der Waals surface area contributed by atoms with Gasteiger partial charge in [-0.25, -0.2) is 0 Å². The molecule has 1 aliphatic heterocycles. The number of carbonyl (C=O) groups excluding carboxylic acids is 2. The zero-order valence-electron chi connectivity index (χ0n) is 13.0. The Morgan fingerprint density at radius 3 is 2.83 bits per heavy atom. The van der Waals surface area contributed by atoms with Crippen molar-refractivity contribution in [3.63, 3.8) is 0 Å². The summed E-state index contributed by atoms with van der Waals surface area (Å²) in [5.74, 6) is -1.38. The number of carboxylic acids is 1. The van der Waals surface area contributed by atoms with E-state index in [0.717, 1.165) is 6.42 Å². The highest BCUT2D eigenvalue weighted by molar-refractivity contribution is 5.97. The average Bonchev–Trinajstić information content (AvgIpc) is 2.96. The van der Waals surface area contributed by atoms with E-state index in [1.165, 1.54) is 0 Å². The topological polar surface area (TPSA) is 98.7 Å². The summed E-state index contributed by atoms with van der Waals surface area (Å²) in [6, 6.07) is 6.06. The molecule has 2 rings (SSSR count). The first-order chi connectivity index (χ1) is 11.0. The molecule has 3 N–H and O–H groups in total. The first kappa shape index (κ1) is 17.0.